The number of halogens is 1. The van der Waals surface area contributed by atoms with Crippen LogP contribution in [0.15, 0.2) is 12.1 Å². The van der Waals surface area contributed by atoms with E-state index in [-0.39, 0.29) is 5.54 Å². The average Bonchev–Trinajstić information content (AvgIpc) is 2.97. The number of fused-ring (bicyclic) bond motifs is 1. The van der Waals surface area contributed by atoms with Gasteiger partial charge in [0.1, 0.15) is 5.75 Å². The molecule has 0 amide bonds. The molecule has 2 aliphatic rings. The normalized spacial score (nSPS) is 21.7. The molecule has 1 heterocycles. The highest BCUT2D eigenvalue weighted by molar-refractivity contribution is 6.31. The van der Waals surface area contributed by atoms with Crippen LogP contribution in [-0.2, 0) is 16.9 Å². The summed E-state index contributed by atoms with van der Waals surface area (Å²) in [5.74, 6) is 0.859. The number of hydrogen-bond acceptors (Lipinski definition) is 3. The minimum absolute atomic E-state index is 0.244. The molecule has 0 bridgehead atoms. The molecule has 1 aliphatic heterocycles. The number of ether oxygens (including phenoxy) is 2. The predicted molar refractivity (Wildman–Crippen MR) is 56.8 cm³/mol. The van der Waals surface area contributed by atoms with Crippen LogP contribution in [0.25, 0.3) is 0 Å². The summed E-state index contributed by atoms with van der Waals surface area (Å²) in [4.78, 5) is 0. The van der Waals surface area contributed by atoms with Crippen molar-refractivity contribution in [2.45, 2.75) is 25.0 Å². The van der Waals surface area contributed by atoms with Crippen LogP contribution in [0.2, 0.25) is 5.02 Å². The van der Waals surface area contributed by atoms with Crippen molar-refractivity contribution in [1.29, 1.82) is 0 Å². The first kappa shape index (κ1) is 9.46. The van der Waals surface area contributed by atoms with Crippen LogP contribution >= 0.6 is 11.6 Å². The van der Waals surface area contributed by atoms with Crippen molar-refractivity contribution in [2.75, 3.05) is 6.79 Å². The van der Waals surface area contributed by atoms with E-state index < -0.39 is 0 Å². The van der Waals surface area contributed by atoms with E-state index in [1.54, 1.807) is 0 Å². The summed E-state index contributed by atoms with van der Waals surface area (Å²) in [7, 11) is 0. The third-order valence-corrected chi connectivity index (χ3v) is 3.36. The van der Waals surface area contributed by atoms with E-state index in [9.17, 15) is 0 Å². The summed E-state index contributed by atoms with van der Waals surface area (Å²) in [5, 5.41) is 0.725. The van der Waals surface area contributed by atoms with Crippen LogP contribution in [-0.4, -0.2) is 6.79 Å². The molecule has 0 unspecified atom stereocenters. The highest BCUT2D eigenvalue weighted by atomic mass is 35.5. The van der Waals surface area contributed by atoms with E-state index in [1.807, 2.05) is 12.1 Å². The van der Waals surface area contributed by atoms with Crippen LogP contribution < -0.4 is 10.5 Å². The van der Waals surface area contributed by atoms with Crippen LogP contribution in [0.5, 0.6) is 5.75 Å². The number of benzene rings is 1. The maximum absolute atomic E-state index is 6.20. The summed E-state index contributed by atoms with van der Waals surface area (Å²) < 4.78 is 10.7. The van der Waals surface area contributed by atoms with Gasteiger partial charge in [-0.05, 0) is 30.5 Å². The van der Waals surface area contributed by atoms with Crippen molar-refractivity contribution in [2.24, 2.45) is 5.73 Å². The molecule has 3 nitrogen and oxygen atoms in total. The minimum atomic E-state index is -0.244. The molecule has 2 N–H and O–H groups in total. The second-order valence-electron chi connectivity index (χ2n) is 4.17. The van der Waals surface area contributed by atoms with Gasteiger partial charge in [0, 0.05) is 16.1 Å². The molecule has 3 rings (SSSR count). The van der Waals surface area contributed by atoms with Gasteiger partial charge in [0.05, 0.1) is 6.61 Å². The zero-order valence-corrected chi connectivity index (χ0v) is 9.01. The standard InChI is InChI=1S/C11H12ClNO2/c12-8-1-2-9-7(5-14-6-15-9)10(8)11(13)3-4-11/h1-2H,3-6,13H2. The fraction of sp³-hybridized carbons (Fsp3) is 0.455. The van der Waals surface area contributed by atoms with Crippen LogP contribution in [0.3, 0.4) is 0 Å². The number of nitrogens with two attached hydrogens (primary N) is 1. The zero-order chi connectivity index (χ0) is 10.5. The van der Waals surface area contributed by atoms with E-state index in [0.29, 0.717) is 13.4 Å². The summed E-state index contributed by atoms with van der Waals surface area (Å²) >= 11 is 6.19. The van der Waals surface area contributed by atoms with Crippen molar-refractivity contribution in [1.82, 2.24) is 0 Å². The summed E-state index contributed by atoms with van der Waals surface area (Å²) in [5.41, 5.74) is 7.99. The Hall–Kier alpha value is -0.770. The lowest BCUT2D eigenvalue weighted by atomic mass is 9.98. The Morgan fingerprint density at radius 1 is 1.33 bits per heavy atom. The SMILES string of the molecule is NC1(c2c(Cl)ccc3c2COCO3)CC1. The third-order valence-electron chi connectivity index (χ3n) is 3.05. The van der Waals surface area contributed by atoms with Crippen molar-refractivity contribution in [3.05, 3.63) is 28.3 Å². The molecule has 1 aromatic carbocycles. The Kier molecular flexibility index (Phi) is 1.96. The van der Waals surface area contributed by atoms with Crippen molar-refractivity contribution >= 4 is 11.6 Å². The highest BCUT2D eigenvalue weighted by Crippen LogP contribution is 2.49. The monoisotopic (exact) mass is 225 g/mol. The Morgan fingerprint density at radius 2 is 2.13 bits per heavy atom. The van der Waals surface area contributed by atoms with E-state index in [2.05, 4.69) is 0 Å². The first-order valence-corrected chi connectivity index (χ1v) is 5.40. The maximum atomic E-state index is 6.20. The van der Waals surface area contributed by atoms with Crippen LogP contribution in [0, 0.1) is 0 Å². The maximum Gasteiger partial charge on any atom is 0.189 e. The van der Waals surface area contributed by atoms with Gasteiger partial charge in [-0.25, -0.2) is 0 Å². The molecule has 1 fully saturated rings. The Balaban J connectivity index is 2.18. The van der Waals surface area contributed by atoms with Gasteiger partial charge in [-0.3, -0.25) is 0 Å². The van der Waals surface area contributed by atoms with Crippen LogP contribution in [0.4, 0.5) is 0 Å². The molecule has 0 aromatic heterocycles. The van der Waals surface area contributed by atoms with Gasteiger partial charge in [-0.15, -0.1) is 0 Å². The molecule has 1 aromatic rings. The first-order valence-electron chi connectivity index (χ1n) is 5.02. The molecule has 80 valence electrons. The molecule has 15 heavy (non-hydrogen) atoms. The van der Waals surface area contributed by atoms with E-state index in [1.165, 1.54) is 0 Å². The molecule has 1 aliphatic carbocycles. The third kappa shape index (κ3) is 1.42. The topological polar surface area (TPSA) is 44.5 Å². The number of hydrogen-bond donors (Lipinski definition) is 1. The highest BCUT2D eigenvalue weighted by Gasteiger charge is 2.44. The Morgan fingerprint density at radius 3 is 2.87 bits per heavy atom. The molecule has 0 spiro atoms. The van der Waals surface area contributed by atoms with Crippen molar-refractivity contribution < 1.29 is 9.47 Å². The van der Waals surface area contributed by atoms with Gasteiger partial charge >= 0.3 is 0 Å². The molecule has 0 radical (unpaired) electrons. The Bertz CT molecular complexity index is 415. The Labute approximate surface area is 93.1 Å². The molecule has 1 saturated carbocycles. The first-order chi connectivity index (χ1) is 7.21. The van der Waals surface area contributed by atoms with Gasteiger partial charge in [0.15, 0.2) is 6.79 Å². The number of rotatable bonds is 1. The molecule has 0 saturated heterocycles. The molecule has 0 atom stereocenters. The summed E-state index contributed by atoms with van der Waals surface area (Å²) in [6.45, 7) is 0.857. The van der Waals surface area contributed by atoms with E-state index in [4.69, 9.17) is 26.8 Å². The van der Waals surface area contributed by atoms with Gasteiger partial charge in [0.25, 0.3) is 0 Å². The molecular formula is C11H12ClNO2. The fourth-order valence-corrected chi connectivity index (χ4v) is 2.42. The van der Waals surface area contributed by atoms with E-state index in [0.717, 1.165) is 34.7 Å². The van der Waals surface area contributed by atoms with E-state index >= 15 is 0 Å². The van der Waals surface area contributed by atoms with Gasteiger partial charge in [-0.1, -0.05) is 11.6 Å². The van der Waals surface area contributed by atoms with Crippen LogP contribution in [0.1, 0.15) is 24.0 Å². The minimum Gasteiger partial charge on any atom is -0.467 e. The fourth-order valence-electron chi connectivity index (χ4n) is 2.05. The molecular weight excluding hydrogens is 214 g/mol. The second-order valence-corrected chi connectivity index (χ2v) is 4.57. The van der Waals surface area contributed by atoms with Crippen molar-refractivity contribution in [3.8, 4) is 5.75 Å². The smallest absolute Gasteiger partial charge is 0.189 e. The van der Waals surface area contributed by atoms with Crippen molar-refractivity contribution in [3.63, 3.8) is 0 Å². The molecule has 4 heteroatoms. The van der Waals surface area contributed by atoms with Gasteiger partial charge < -0.3 is 15.2 Å². The largest absolute Gasteiger partial charge is 0.467 e. The lowest BCUT2D eigenvalue weighted by Gasteiger charge is -2.24. The zero-order valence-electron chi connectivity index (χ0n) is 8.25. The lowest BCUT2D eigenvalue weighted by molar-refractivity contribution is -0.0170. The quantitative estimate of drug-likeness (QED) is 0.797. The lowest BCUT2D eigenvalue weighted by Crippen LogP contribution is -2.24. The van der Waals surface area contributed by atoms with Gasteiger partial charge in [-0.2, -0.15) is 0 Å². The summed E-state index contributed by atoms with van der Waals surface area (Å²) in [6.07, 6.45) is 1.98. The second kappa shape index (κ2) is 3.11. The predicted octanol–water partition coefficient (Wildman–Crippen LogP) is 2.15. The average molecular weight is 226 g/mol. The van der Waals surface area contributed by atoms with Gasteiger partial charge in [0.2, 0.25) is 0 Å². The summed E-state index contributed by atoms with van der Waals surface area (Å²) in [6, 6.07) is 3.74.